The fourth-order valence-corrected chi connectivity index (χ4v) is 1.25. The molecule has 1 aromatic rings. The summed E-state index contributed by atoms with van der Waals surface area (Å²) in [5.74, 6) is 0.352. The van der Waals surface area contributed by atoms with Crippen molar-refractivity contribution in [2.45, 2.75) is 0 Å². The van der Waals surface area contributed by atoms with Crippen LogP contribution in [-0.2, 0) is 4.79 Å². The molecule has 0 aromatic carbocycles. The van der Waals surface area contributed by atoms with E-state index in [9.17, 15) is 9.59 Å². The number of carbonyl (C=O) groups excluding carboxylic acids is 1. The van der Waals surface area contributed by atoms with Crippen molar-refractivity contribution in [1.29, 1.82) is 0 Å². The zero-order valence-electron chi connectivity index (χ0n) is 10.4. The molecule has 0 saturated heterocycles. The SMILES string of the molecule is COc1c(N(C)CC(=O)N(C)C)nc[nH]c1=O. The fourth-order valence-electron chi connectivity index (χ4n) is 1.25. The number of nitrogens with zero attached hydrogens (tertiary/aromatic N) is 3. The number of hydrogen-bond acceptors (Lipinski definition) is 5. The van der Waals surface area contributed by atoms with E-state index in [-0.39, 0.29) is 23.8 Å². The first-order chi connectivity index (χ1) is 7.97. The van der Waals surface area contributed by atoms with Crippen LogP contribution in [-0.4, -0.2) is 55.6 Å². The predicted molar refractivity (Wildman–Crippen MR) is 63.4 cm³/mol. The van der Waals surface area contributed by atoms with Crippen LogP contribution < -0.4 is 15.2 Å². The lowest BCUT2D eigenvalue weighted by atomic mass is 10.4. The normalized spacial score (nSPS) is 9.88. The van der Waals surface area contributed by atoms with E-state index in [2.05, 4.69) is 9.97 Å². The number of likely N-dealkylation sites (N-methyl/N-ethyl adjacent to an activating group) is 2. The molecule has 0 unspecified atom stereocenters. The Morgan fingerprint density at radius 1 is 1.47 bits per heavy atom. The van der Waals surface area contributed by atoms with Gasteiger partial charge in [0.2, 0.25) is 11.7 Å². The monoisotopic (exact) mass is 240 g/mol. The maximum atomic E-state index is 11.5. The third-order valence-electron chi connectivity index (χ3n) is 2.23. The van der Waals surface area contributed by atoms with Crippen molar-refractivity contribution in [2.24, 2.45) is 0 Å². The van der Waals surface area contributed by atoms with Gasteiger partial charge in [0.15, 0.2) is 5.82 Å². The predicted octanol–water partition coefficient (Wildman–Crippen LogP) is -0.697. The van der Waals surface area contributed by atoms with E-state index < -0.39 is 0 Å². The van der Waals surface area contributed by atoms with E-state index in [0.717, 1.165) is 0 Å². The Kier molecular flexibility index (Phi) is 4.08. The van der Waals surface area contributed by atoms with Crippen molar-refractivity contribution < 1.29 is 9.53 Å². The number of ether oxygens (including phenoxy) is 1. The minimum absolute atomic E-state index is 0.0864. The highest BCUT2D eigenvalue weighted by Gasteiger charge is 2.16. The molecule has 0 spiro atoms. The molecule has 0 aliphatic carbocycles. The summed E-state index contributed by atoms with van der Waals surface area (Å²) in [6.45, 7) is 0.125. The largest absolute Gasteiger partial charge is 0.489 e. The first kappa shape index (κ1) is 13.0. The Morgan fingerprint density at radius 3 is 2.65 bits per heavy atom. The van der Waals surface area contributed by atoms with Crippen molar-refractivity contribution in [2.75, 3.05) is 39.7 Å². The van der Waals surface area contributed by atoms with Crippen LogP contribution in [0.15, 0.2) is 11.1 Å². The molecular weight excluding hydrogens is 224 g/mol. The van der Waals surface area contributed by atoms with E-state index in [0.29, 0.717) is 5.82 Å². The summed E-state index contributed by atoms with van der Waals surface area (Å²) in [4.78, 5) is 32.4. The summed E-state index contributed by atoms with van der Waals surface area (Å²) in [7, 11) is 6.39. The highest BCUT2D eigenvalue weighted by Crippen LogP contribution is 2.18. The van der Waals surface area contributed by atoms with Gasteiger partial charge in [0.25, 0.3) is 5.56 Å². The van der Waals surface area contributed by atoms with Crippen molar-refractivity contribution in [3.05, 3.63) is 16.7 Å². The van der Waals surface area contributed by atoms with Gasteiger partial charge in [-0.25, -0.2) is 4.98 Å². The van der Waals surface area contributed by atoms with Crippen LogP contribution in [0.4, 0.5) is 5.82 Å². The third-order valence-corrected chi connectivity index (χ3v) is 2.23. The van der Waals surface area contributed by atoms with Gasteiger partial charge in [-0.15, -0.1) is 0 Å². The van der Waals surface area contributed by atoms with E-state index in [1.807, 2.05) is 0 Å². The smallest absolute Gasteiger partial charge is 0.295 e. The molecule has 1 heterocycles. The molecule has 1 rings (SSSR count). The lowest BCUT2D eigenvalue weighted by Gasteiger charge is -2.20. The number of hydrogen-bond donors (Lipinski definition) is 1. The lowest BCUT2D eigenvalue weighted by molar-refractivity contribution is -0.127. The number of methoxy groups -OCH3 is 1. The van der Waals surface area contributed by atoms with E-state index >= 15 is 0 Å². The van der Waals surface area contributed by atoms with Crippen LogP contribution in [0.5, 0.6) is 5.75 Å². The van der Waals surface area contributed by atoms with Gasteiger partial charge in [-0.1, -0.05) is 0 Å². The molecule has 1 aromatic heterocycles. The van der Waals surface area contributed by atoms with Crippen LogP contribution in [0, 0.1) is 0 Å². The molecule has 94 valence electrons. The summed E-state index contributed by atoms with van der Waals surface area (Å²) >= 11 is 0. The quantitative estimate of drug-likeness (QED) is 0.753. The molecule has 1 N–H and O–H groups in total. The zero-order chi connectivity index (χ0) is 13.0. The Labute approximate surface area is 99.0 Å². The molecule has 7 nitrogen and oxygen atoms in total. The molecule has 0 atom stereocenters. The summed E-state index contributed by atoms with van der Waals surface area (Å²) in [5, 5.41) is 0. The molecule has 17 heavy (non-hydrogen) atoms. The van der Waals surface area contributed by atoms with Gasteiger partial charge >= 0.3 is 0 Å². The maximum absolute atomic E-state index is 11.5. The van der Waals surface area contributed by atoms with E-state index in [1.165, 1.54) is 18.3 Å². The number of carbonyl (C=O) groups is 1. The summed E-state index contributed by atoms with van der Waals surface area (Å²) < 4.78 is 4.97. The zero-order valence-corrected chi connectivity index (χ0v) is 10.4. The second kappa shape index (κ2) is 5.33. The van der Waals surface area contributed by atoms with Crippen LogP contribution in [0.1, 0.15) is 0 Å². The van der Waals surface area contributed by atoms with E-state index in [4.69, 9.17) is 4.74 Å². The van der Waals surface area contributed by atoms with Gasteiger partial charge < -0.3 is 19.5 Å². The standard InChI is InChI=1S/C10H16N4O3/c1-13(2)7(15)5-14(3)9-8(17-4)10(16)12-6-11-9/h6H,5H2,1-4H3,(H,11,12,16). The summed E-state index contributed by atoms with van der Waals surface area (Å²) in [6, 6.07) is 0. The number of rotatable bonds is 4. The summed E-state index contributed by atoms with van der Waals surface area (Å²) in [6.07, 6.45) is 1.27. The van der Waals surface area contributed by atoms with E-state index in [1.54, 1.807) is 26.0 Å². The molecular formula is C10H16N4O3. The van der Waals surface area contributed by atoms with Gasteiger partial charge in [0, 0.05) is 21.1 Å². The molecule has 0 bridgehead atoms. The average molecular weight is 240 g/mol. The van der Waals surface area contributed by atoms with Crippen molar-refractivity contribution >= 4 is 11.7 Å². The summed E-state index contributed by atoms with van der Waals surface area (Å²) in [5.41, 5.74) is -0.373. The maximum Gasteiger partial charge on any atom is 0.295 e. The van der Waals surface area contributed by atoms with Crippen molar-refractivity contribution in [3.8, 4) is 5.75 Å². The number of amides is 1. The van der Waals surface area contributed by atoms with Crippen molar-refractivity contribution in [1.82, 2.24) is 14.9 Å². The number of nitrogens with one attached hydrogen (secondary N) is 1. The Bertz CT molecular complexity index is 455. The average Bonchev–Trinajstić information content (AvgIpc) is 2.28. The van der Waals surface area contributed by atoms with Gasteiger partial charge in [-0.2, -0.15) is 0 Å². The number of H-pyrrole nitrogens is 1. The number of aromatic nitrogens is 2. The van der Waals surface area contributed by atoms with Gasteiger partial charge in [-0.05, 0) is 0 Å². The van der Waals surface area contributed by atoms with Crippen LogP contribution in [0.25, 0.3) is 0 Å². The fraction of sp³-hybridized carbons (Fsp3) is 0.500. The second-order valence-corrected chi connectivity index (χ2v) is 3.73. The molecule has 0 fully saturated rings. The Balaban J connectivity index is 2.96. The first-order valence-electron chi connectivity index (χ1n) is 5.00. The molecule has 0 aliphatic rings. The van der Waals surface area contributed by atoms with Crippen molar-refractivity contribution in [3.63, 3.8) is 0 Å². The highest BCUT2D eigenvalue weighted by molar-refractivity contribution is 5.80. The third kappa shape index (κ3) is 2.96. The second-order valence-electron chi connectivity index (χ2n) is 3.73. The molecule has 1 amide bonds. The van der Waals surface area contributed by atoms with Gasteiger partial charge in [0.1, 0.15) is 0 Å². The number of aromatic amines is 1. The number of anilines is 1. The topological polar surface area (TPSA) is 78.5 Å². The first-order valence-corrected chi connectivity index (χ1v) is 5.00. The van der Waals surface area contributed by atoms with Gasteiger partial charge in [0.05, 0.1) is 20.0 Å². The van der Waals surface area contributed by atoms with Crippen LogP contribution >= 0.6 is 0 Å². The Hall–Kier alpha value is -2.05. The van der Waals surface area contributed by atoms with Crippen LogP contribution in [0.2, 0.25) is 0 Å². The lowest BCUT2D eigenvalue weighted by Crippen LogP contribution is -2.35. The minimum atomic E-state index is -0.373. The molecule has 0 aliphatic heterocycles. The minimum Gasteiger partial charge on any atom is -0.489 e. The molecule has 0 radical (unpaired) electrons. The molecule has 7 heteroatoms. The van der Waals surface area contributed by atoms with Gasteiger partial charge in [-0.3, -0.25) is 9.59 Å². The highest BCUT2D eigenvalue weighted by atomic mass is 16.5. The Morgan fingerprint density at radius 2 is 2.12 bits per heavy atom. The van der Waals surface area contributed by atoms with Crippen LogP contribution in [0.3, 0.4) is 0 Å². The molecule has 0 saturated carbocycles.